The molecule has 0 bridgehead atoms. The highest BCUT2D eigenvalue weighted by Crippen LogP contribution is 2.55. The number of carbonyl (C=O) groups excluding carboxylic acids is 2. The van der Waals surface area contributed by atoms with Crippen molar-refractivity contribution in [2.45, 2.75) is 67.2 Å². The molecular weight excluding hydrogens is 789 g/mol. The molecule has 9 rings (SSSR count). The van der Waals surface area contributed by atoms with E-state index >= 15 is 0 Å². The van der Waals surface area contributed by atoms with Crippen LogP contribution in [0.5, 0.6) is 0 Å². The van der Waals surface area contributed by atoms with Gasteiger partial charge in [0.15, 0.2) is 23.2 Å². The fourth-order valence-corrected chi connectivity index (χ4v) is 9.34. The Morgan fingerprint density at radius 1 is 0.516 bits per heavy atom. The quantitative estimate of drug-likeness (QED) is 0.115. The molecule has 0 saturated carbocycles. The number of hydrogen-bond acceptors (Lipinski definition) is 8. The van der Waals surface area contributed by atoms with Gasteiger partial charge in [0.1, 0.15) is 18.0 Å². The Morgan fingerprint density at radius 3 is 1.34 bits per heavy atom. The van der Waals surface area contributed by atoms with E-state index in [-0.39, 0.29) is 40.1 Å². The number of Topliss-reactive ketones (excluding diaryl/α,β-unsaturated/α-hetero) is 2. The molecule has 0 atom stereocenters. The number of nitriles is 2. The van der Waals surface area contributed by atoms with Crippen molar-refractivity contribution in [3.63, 3.8) is 0 Å². The second-order valence-electron chi connectivity index (χ2n) is 17.5. The monoisotopic (exact) mass is 834 g/mol. The summed E-state index contributed by atoms with van der Waals surface area (Å²) >= 11 is 0. The van der Waals surface area contributed by atoms with Gasteiger partial charge in [-0.1, -0.05) is 147 Å². The zero-order valence-electron chi connectivity index (χ0n) is 37.2. The van der Waals surface area contributed by atoms with Gasteiger partial charge in [-0.05, 0) is 86.1 Å². The van der Waals surface area contributed by atoms with E-state index in [4.69, 9.17) is 9.97 Å². The summed E-state index contributed by atoms with van der Waals surface area (Å²) in [6.45, 7) is 17.0. The van der Waals surface area contributed by atoms with Crippen LogP contribution in [0.2, 0.25) is 0 Å². The van der Waals surface area contributed by atoms with Gasteiger partial charge in [-0.15, -0.1) is 0 Å². The Labute approximate surface area is 374 Å². The molecule has 1 aliphatic carbocycles. The first kappa shape index (κ1) is 41.4. The fourth-order valence-electron chi connectivity index (χ4n) is 9.34. The fraction of sp³-hybridized carbons (Fsp3) is 0.179. The number of hydrogen-bond donors (Lipinski definition) is 0. The van der Waals surface area contributed by atoms with E-state index in [0.29, 0.717) is 39.6 Å². The smallest absolute Gasteiger partial charge is 0.197 e. The van der Waals surface area contributed by atoms with Crippen LogP contribution in [-0.4, -0.2) is 21.5 Å². The Balaban J connectivity index is 1.48. The molecule has 8 heteroatoms. The van der Waals surface area contributed by atoms with Crippen molar-refractivity contribution >= 4 is 45.6 Å². The Kier molecular flexibility index (Phi) is 10.4. The van der Waals surface area contributed by atoms with Gasteiger partial charge in [-0.25, -0.2) is 9.97 Å². The maximum atomic E-state index is 14.1. The number of aryl methyl sites for hydroxylation is 4. The van der Waals surface area contributed by atoms with E-state index in [1.54, 1.807) is 42.5 Å². The van der Waals surface area contributed by atoms with Gasteiger partial charge < -0.3 is 0 Å². The normalized spacial score (nSPS) is 13.9. The zero-order chi connectivity index (χ0) is 45.1. The molecule has 2 aliphatic rings. The van der Waals surface area contributed by atoms with Crippen LogP contribution in [0.15, 0.2) is 133 Å². The molecule has 312 valence electrons. The first-order chi connectivity index (χ1) is 30.8. The third-order valence-electron chi connectivity index (χ3n) is 12.1. The Morgan fingerprint density at radius 2 is 0.922 bits per heavy atom. The molecule has 7 aromatic rings. The molecule has 0 spiro atoms. The lowest BCUT2D eigenvalue weighted by molar-refractivity contribution is 0.0988. The van der Waals surface area contributed by atoms with Crippen molar-refractivity contribution in [1.29, 1.82) is 10.5 Å². The summed E-state index contributed by atoms with van der Waals surface area (Å²) in [7, 11) is 0. The van der Waals surface area contributed by atoms with Crippen LogP contribution in [0, 0.1) is 50.4 Å². The topological polar surface area (TPSA) is 114 Å². The second-order valence-corrected chi connectivity index (χ2v) is 17.5. The van der Waals surface area contributed by atoms with Crippen LogP contribution >= 0.6 is 0 Å². The van der Waals surface area contributed by atoms with Crippen LogP contribution in [0.4, 0.5) is 23.0 Å². The van der Waals surface area contributed by atoms with Gasteiger partial charge in [0.25, 0.3) is 0 Å². The van der Waals surface area contributed by atoms with E-state index in [0.717, 1.165) is 67.0 Å². The summed E-state index contributed by atoms with van der Waals surface area (Å²) in [5.74, 6) is 1.04. The van der Waals surface area contributed by atoms with Crippen LogP contribution in [0.1, 0.15) is 105 Å². The number of ketones is 2. The number of anilines is 4. The van der Waals surface area contributed by atoms with Crippen molar-refractivity contribution in [3.05, 3.63) is 188 Å². The average molecular weight is 835 g/mol. The van der Waals surface area contributed by atoms with Gasteiger partial charge in [-0.3, -0.25) is 19.4 Å². The molecule has 8 nitrogen and oxygen atoms in total. The number of allylic oxidation sites excluding steroid dienone is 3. The molecule has 0 radical (unpaired) electrons. The number of fused-ring (bicyclic) bond motifs is 3. The van der Waals surface area contributed by atoms with Crippen molar-refractivity contribution in [3.8, 4) is 34.4 Å². The van der Waals surface area contributed by atoms with E-state index in [9.17, 15) is 20.1 Å². The minimum atomic E-state index is -0.335. The lowest BCUT2D eigenvalue weighted by atomic mass is 9.91. The largest absolute Gasteiger partial charge is 0.288 e. The number of nitrogens with zero attached hydrogens (tertiary/aromatic N) is 6. The van der Waals surface area contributed by atoms with Crippen molar-refractivity contribution in [2.75, 3.05) is 9.80 Å². The van der Waals surface area contributed by atoms with Gasteiger partial charge in [0.2, 0.25) is 0 Å². The van der Waals surface area contributed by atoms with E-state index in [2.05, 4.69) is 150 Å². The second kappa shape index (κ2) is 16.1. The molecule has 0 N–H and O–H groups in total. The average Bonchev–Trinajstić information content (AvgIpc) is 3.70. The van der Waals surface area contributed by atoms with E-state index < -0.39 is 0 Å². The zero-order valence-corrected chi connectivity index (χ0v) is 37.2. The summed E-state index contributed by atoms with van der Waals surface area (Å²) in [4.78, 5) is 43.2. The Bertz CT molecular complexity index is 3130. The number of carbonyl (C=O) groups is 2. The third kappa shape index (κ3) is 6.94. The summed E-state index contributed by atoms with van der Waals surface area (Å²) in [6.07, 6.45) is 3.51. The SMILES string of the molecule is Cc1cc(C)cc(-c2cccc(-c3cc(C)cc(C)c3)c2N2/C(=C/C=C3C(=O)c4ccccc4C3=O)N(c3c(C(C)C)cccc3C(C)C)c3nc4cc(C#N)c(C#N)cc4nc32)c1. The minimum absolute atomic E-state index is 0.0614. The third-order valence-corrected chi connectivity index (χ3v) is 12.1. The van der Waals surface area contributed by atoms with Gasteiger partial charge in [0.05, 0.1) is 39.1 Å². The molecular formula is C56H46N6O2. The van der Waals surface area contributed by atoms with Crippen LogP contribution in [0.3, 0.4) is 0 Å². The molecule has 0 fully saturated rings. The maximum Gasteiger partial charge on any atom is 0.197 e. The summed E-state index contributed by atoms with van der Waals surface area (Å²) in [5.41, 5.74) is 14.2. The summed E-state index contributed by atoms with van der Waals surface area (Å²) in [6, 6.07) is 40.3. The molecule has 1 aliphatic heterocycles. The number of aromatic nitrogens is 2. The highest BCUT2D eigenvalue weighted by Gasteiger charge is 2.42. The van der Waals surface area contributed by atoms with E-state index in [1.165, 1.54) is 0 Å². The number of rotatable bonds is 7. The molecule has 2 heterocycles. The molecule has 64 heavy (non-hydrogen) atoms. The van der Waals surface area contributed by atoms with Crippen molar-refractivity contribution < 1.29 is 9.59 Å². The van der Waals surface area contributed by atoms with Crippen LogP contribution in [0.25, 0.3) is 33.3 Å². The standard InChI is InChI=1S/C56H46N6O2/c1-31(2)41-15-11-16-42(32(3)4)51(41)61-50(20-19-47-53(63)45-13-9-10-14-46(45)54(47)64)62(56-55(61)59-48-27-39(29-57)40(30-58)28-49(48)60-56)52-43(37-23-33(5)21-34(6)24-37)17-12-18-44(52)38-25-35(7)22-36(8)26-38/h9-28,31-32H,1-8H3/b50-20+. The lowest BCUT2D eigenvalue weighted by Crippen LogP contribution is -2.25. The Hall–Kier alpha value is -7.94. The molecule has 0 unspecified atom stereocenters. The van der Waals surface area contributed by atoms with Crippen molar-refractivity contribution in [1.82, 2.24) is 9.97 Å². The molecule has 1 aromatic heterocycles. The van der Waals surface area contributed by atoms with E-state index in [1.807, 2.05) is 6.08 Å². The predicted molar refractivity (Wildman–Crippen MR) is 255 cm³/mol. The minimum Gasteiger partial charge on any atom is -0.288 e. The highest BCUT2D eigenvalue weighted by atomic mass is 16.2. The summed E-state index contributed by atoms with van der Waals surface area (Å²) in [5, 5.41) is 20.3. The van der Waals surface area contributed by atoms with Crippen molar-refractivity contribution in [2.24, 2.45) is 0 Å². The molecule has 6 aromatic carbocycles. The first-order valence-electron chi connectivity index (χ1n) is 21.6. The maximum absolute atomic E-state index is 14.1. The predicted octanol–water partition coefficient (Wildman–Crippen LogP) is 13.3. The molecule has 0 amide bonds. The first-order valence-corrected chi connectivity index (χ1v) is 21.6. The van der Waals surface area contributed by atoms with Gasteiger partial charge in [-0.2, -0.15) is 10.5 Å². The highest BCUT2D eigenvalue weighted by molar-refractivity contribution is 6.39. The number of benzene rings is 6. The number of para-hydroxylation sites is 2. The summed E-state index contributed by atoms with van der Waals surface area (Å²) < 4.78 is 0. The molecule has 0 saturated heterocycles. The van der Waals surface area contributed by atoms with Crippen LogP contribution < -0.4 is 9.80 Å². The van der Waals surface area contributed by atoms with Crippen LogP contribution in [-0.2, 0) is 0 Å². The van der Waals surface area contributed by atoms with Gasteiger partial charge >= 0.3 is 0 Å². The van der Waals surface area contributed by atoms with Gasteiger partial charge in [0, 0.05) is 22.3 Å². The lowest BCUT2D eigenvalue weighted by Gasteiger charge is -2.32.